The standard InChI is InChI=1S/C23H33N3O6/c1-5-9-19(25-21(29)31-15-16-10-7-6-8-11-16)20(28)26-13-17(12-18(26)14-27)24-22(30)32-23(2,3)4/h5-8,10-11,17-19,27H,1,9,12-15H2,2-4H3,(H,24,30)(H,25,29)/t17-,18-,19-/m0/s1. The van der Waals surface area contributed by atoms with Crippen LogP contribution in [-0.2, 0) is 20.9 Å². The van der Waals surface area contributed by atoms with E-state index in [-0.39, 0.29) is 38.1 Å². The van der Waals surface area contributed by atoms with Gasteiger partial charge in [0, 0.05) is 6.54 Å². The molecule has 0 aliphatic carbocycles. The third-order valence-electron chi connectivity index (χ3n) is 4.83. The van der Waals surface area contributed by atoms with Crippen molar-refractivity contribution in [3.63, 3.8) is 0 Å². The summed E-state index contributed by atoms with van der Waals surface area (Å²) in [6, 6.07) is 7.43. The SMILES string of the molecule is C=CC[C@H](NC(=O)OCc1ccccc1)C(=O)N1C[C@@H](NC(=O)OC(C)(C)C)C[C@H]1CO. The Morgan fingerprint density at radius 1 is 1.25 bits per heavy atom. The molecule has 0 bridgehead atoms. The van der Waals surface area contributed by atoms with Crippen molar-refractivity contribution >= 4 is 18.1 Å². The van der Waals surface area contributed by atoms with E-state index >= 15 is 0 Å². The zero-order valence-corrected chi connectivity index (χ0v) is 18.9. The molecule has 176 valence electrons. The summed E-state index contributed by atoms with van der Waals surface area (Å²) in [7, 11) is 0. The molecule has 9 nitrogen and oxygen atoms in total. The molecule has 1 aromatic carbocycles. The maximum Gasteiger partial charge on any atom is 0.408 e. The van der Waals surface area contributed by atoms with Gasteiger partial charge in [-0.05, 0) is 39.2 Å². The van der Waals surface area contributed by atoms with Gasteiger partial charge in [0.2, 0.25) is 5.91 Å². The number of amides is 3. The number of aliphatic hydroxyl groups is 1. The fraction of sp³-hybridized carbons (Fsp3) is 0.522. The van der Waals surface area contributed by atoms with Crippen LogP contribution in [0, 0.1) is 0 Å². The van der Waals surface area contributed by atoms with Crippen LogP contribution in [0.5, 0.6) is 0 Å². The van der Waals surface area contributed by atoms with Crippen molar-refractivity contribution in [2.45, 2.75) is 63.9 Å². The number of hydrogen-bond donors (Lipinski definition) is 3. The maximum atomic E-state index is 13.1. The molecule has 3 atom stereocenters. The Hall–Kier alpha value is -3.07. The van der Waals surface area contributed by atoms with Crippen LogP contribution < -0.4 is 10.6 Å². The molecular formula is C23H33N3O6. The van der Waals surface area contributed by atoms with Gasteiger partial charge in [-0.1, -0.05) is 36.4 Å². The predicted molar refractivity (Wildman–Crippen MR) is 119 cm³/mol. The van der Waals surface area contributed by atoms with E-state index in [1.807, 2.05) is 30.3 Å². The summed E-state index contributed by atoms with van der Waals surface area (Å²) < 4.78 is 10.5. The summed E-state index contributed by atoms with van der Waals surface area (Å²) in [5.41, 5.74) is 0.179. The lowest BCUT2D eigenvalue weighted by atomic mass is 10.1. The molecule has 1 aliphatic heterocycles. The molecule has 0 spiro atoms. The maximum absolute atomic E-state index is 13.1. The van der Waals surface area contributed by atoms with Gasteiger partial charge in [-0.25, -0.2) is 9.59 Å². The van der Waals surface area contributed by atoms with Crippen LogP contribution in [0.3, 0.4) is 0 Å². The number of ether oxygens (including phenoxy) is 2. The van der Waals surface area contributed by atoms with Crippen LogP contribution >= 0.6 is 0 Å². The van der Waals surface area contributed by atoms with Gasteiger partial charge in [0.15, 0.2) is 0 Å². The number of nitrogens with one attached hydrogen (secondary N) is 2. The first-order chi connectivity index (χ1) is 15.1. The van der Waals surface area contributed by atoms with Crippen LogP contribution in [0.15, 0.2) is 43.0 Å². The predicted octanol–water partition coefficient (Wildman–Crippen LogP) is 2.34. The summed E-state index contributed by atoms with van der Waals surface area (Å²) in [5, 5.41) is 15.1. The van der Waals surface area contributed by atoms with Crippen LogP contribution in [0.1, 0.15) is 39.2 Å². The van der Waals surface area contributed by atoms with Gasteiger partial charge in [-0.15, -0.1) is 6.58 Å². The minimum Gasteiger partial charge on any atom is -0.445 e. The second-order valence-corrected chi connectivity index (χ2v) is 8.69. The lowest BCUT2D eigenvalue weighted by Crippen LogP contribution is -2.51. The number of likely N-dealkylation sites (tertiary alicyclic amines) is 1. The molecule has 0 radical (unpaired) electrons. The molecule has 1 aromatic rings. The lowest BCUT2D eigenvalue weighted by Gasteiger charge is -2.27. The van der Waals surface area contributed by atoms with Crippen molar-refractivity contribution in [1.82, 2.24) is 15.5 Å². The third-order valence-corrected chi connectivity index (χ3v) is 4.83. The van der Waals surface area contributed by atoms with E-state index < -0.39 is 29.9 Å². The average molecular weight is 448 g/mol. The quantitative estimate of drug-likeness (QED) is 0.527. The monoisotopic (exact) mass is 447 g/mol. The lowest BCUT2D eigenvalue weighted by molar-refractivity contribution is -0.134. The van der Waals surface area contributed by atoms with Crippen molar-refractivity contribution < 1.29 is 29.0 Å². The van der Waals surface area contributed by atoms with E-state index in [1.54, 1.807) is 20.8 Å². The first-order valence-electron chi connectivity index (χ1n) is 10.6. The number of benzene rings is 1. The number of hydrogen-bond acceptors (Lipinski definition) is 6. The molecule has 3 N–H and O–H groups in total. The highest BCUT2D eigenvalue weighted by Gasteiger charge is 2.39. The number of aliphatic hydroxyl groups excluding tert-OH is 1. The largest absolute Gasteiger partial charge is 0.445 e. The molecule has 1 fully saturated rings. The zero-order chi connectivity index (χ0) is 23.7. The number of carbonyl (C=O) groups excluding carboxylic acids is 3. The molecule has 0 unspecified atom stereocenters. The fourth-order valence-corrected chi connectivity index (χ4v) is 3.43. The average Bonchev–Trinajstić information content (AvgIpc) is 3.13. The van der Waals surface area contributed by atoms with E-state index in [0.717, 1.165) is 5.56 Å². The van der Waals surface area contributed by atoms with Gasteiger partial charge in [0.05, 0.1) is 18.7 Å². The van der Waals surface area contributed by atoms with Gasteiger partial charge in [-0.3, -0.25) is 4.79 Å². The fourth-order valence-electron chi connectivity index (χ4n) is 3.43. The van der Waals surface area contributed by atoms with Gasteiger partial charge < -0.3 is 30.1 Å². The van der Waals surface area contributed by atoms with Gasteiger partial charge in [0.25, 0.3) is 0 Å². The van der Waals surface area contributed by atoms with Crippen molar-refractivity contribution in [3.05, 3.63) is 48.6 Å². The van der Waals surface area contributed by atoms with Gasteiger partial charge in [0.1, 0.15) is 18.2 Å². The Balaban J connectivity index is 1.96. The molecule has 9 heteroatoms. The Bertz CT molecular complexity index is 793. The normalized spacial score (nSPS) is 19.1. The second kappa shape index (κ2) is 11.5. The molecule has 2 rings (SSSR count). The highest BCUT2D eigenvalue weighted by atomic mass is 16.6. The minimum atomic E-state index is -0.898. The Labute approximate surface area is 188 Å². The molecule has 0 saturated carbocycles. The molecular weight excluding hydrogens is 414 g/mol. The van der Waals surface area contributed by atoms with Crippen LogP contribution in [-0.4, -0.2) is 65.0 Å². The third kappa shape index (κ3) is 7.88. The van der Waals surface area contributed by atoms with Crippen molar-refractivity contribution in [2.75, 3.05) is 13.2 Å². The minimum absolute atomic E-state index is 0.0759. The topological polar surface area (TPSA) is 117 Å². The van der Waals surface area contributed by atoms with Gasteiger partial charge in [-0.2, -0.15) is 0 Å². The van der Waals surface area contributed by atoms with Crippen LogP contribution in [0.25, 0.3) is 0 Å². The van der Waals surface area contributed by atoms with Crippen molar-refractivity contribution in [2.24, 2.45) is 0 Å². The molecule has 1 heterocycles. The molecule has 1 aliphatic rings. The first kappa shape index (κ1) is 25.2. The molecule has 3 amide bonds. The van der Waals surface area contributed by atoms with E-state index in [9.17, 15) is 19.5 Å². The summed E-state index contributed by atoms with van der Waals surface area (Å²) in [6.07, 6.45) is 0.787. The van der Waals surface area contributed by atoms with E-state index in [1.165, 1.54) is 11.0 Å². The summed E-state index contributed by atoms with van der Waals surface area (Å²) >= 11 is 0. The highest BCUT2D eigenvalue weighted by molar-refractivity contribution is 5.86. The summed E-state index contributed by atoms with van der Waals surface area (Å²) in [4.78, 5) is 38.9. The zero-order valence-electron chi connectivity index (χ0n) is 18.9. The Morgan fingerprint density at radius 2 is 1.94 bits per heavy atom. The van der Waals surface area contributed by atoms with Crippen LogP contribution in [0.4, 0.5) is 9.59 Å². The number of carbonyl (C=O) groups is 3. The summed E-state index contributed by atoms with van der Waals surface area (Å²) in [6.45, 7) is 8.93. The molecule has 1 saturated heterocycles. The summed E-state index contributed by atoms with van der Waals surface area (Å²) in [5.74, 6) is -0.380. The molecule has 32 heavy (non-hydrogen) atoms. The molecule has 0 aromatic heterocycles. The smallest absolute Gasteiger partial charge is 0.408 e. The number of nitrogens with zero attached hydrogens (tertiary/aromatic N) is 1. The highest BCUT2D eigenvalue weighted by Crippen LogP contribution is 2.20. The van der Waals surface area contributed by atoms with E-state index in [2.05, 4.69) is 17.2 Å². The van der Waals surface area contributed by atoms with Gasteiger partial charge >= 0.3 is 12.2 Å². The van der Waals surface area contributed by atoms with E-state index in [4.69, 9.17) is 9.47 Å². The number of alkyl carbamates (subject to hydrolysis) is 2. The van der Waals surface area contributed by atoms with Crippen molar-refractivity contribution in [3.8, 4) is 0 Å². The van der Waals surface area contributed by atoms with Crippen LogP contribution in [0.2, 0.25) is 0 Å². The van der Waals surface area contributed by atoms with E-state index in [0.29, 0.717) is 6.42 Å². The van der Waals surface area contributed by atoms with Crippen molar-refractivity contribution in [1.29, 1.82) is 0 Å². The Kier molecular flexibility index (Phi) is 9.07. The Morgan fingerprint density at radius 3 is 2.53 bits per heavy atom. The first-order valence-corrected chi connectivity index (χ1v) is 10.6. The second-order valence-electron chi connectivity index (χ2n) is 8.69. The number of rotatable bonds is 8.